The number of hydrogen-bond donors (Lipinski definition) is 2. The summed E-state index contributed by atoms with van der Waals surface area (Å²) in [6.07, 6.45) is 6.71. The number of nitrogens with zero attached hydrogens (tertiary/aromatic N) is 3. The predicted molar refractivity (Wildman–Crippen MR) is 118 cm³/mol. The Labute approximate surface area is 186 Å². The smallest absolute Gasteiger partial charge is 0.277 e. The van der Waals surface area contributed by atoms with E-state index in [1.165, 1.54) is 12.4 Å². The number of anilines is 2. The van der Waals surface area contributed by atoms with E-state index >= 15 is 0 Å². The fourth-order valence-electron chi connectivity index (χ4n) is 4.12. The Bertz CT molecular complexity index is 910. The van der Waals surface area contributed by atoms with Crippen molar-refractivity contribution in [1.82, 2.24) is 14.9 Å². The highest BCUT2D eigenvalue weighted by Crippen LogP contribution is 2.25. The quantitative estimate of drug-likeness (QED) is 0.736. The van der Waals surface area contributed by atoms with E-state index in [1.54, 1.807) is 24.3 Å². The SMILES string of the molecule is O=C(Nc1ccc(Cl)cn1)c1ncccc1NC(=O)C1CCN(C2CCOCC2)CC1. The van der Waals surface area contributed by atoms with Gasteiger partial charge in [-0.15, -0.1) is 0 Å². The molecule has 0 aliphatic carbocycles. The predicted octanol–water partition coefficient (Wildman–Crippen LogP) is 3.21. The minimum Gasteiger partial charge on any atom is -0.381 e. The molecule has 0 saturated carbocycles. The molecule has 2 aliphatic rings. The number of hydrogen-bond acceptors (Lipinski definition) is 6. The number of halogens is 1. The van der Waals surface area contributed by atoms with Gasteiger partial charge >= 0.3 is 0 Å². The lowest BCUT2D eigenvalue weighted by Gasteiger charge is -2.38. The standard InChI is InChI=1S/C22H26ClN5O3/c23-16-3-4-19(25-14-16)27-22(30)20-18(2-1-9-24-20)26-21(29)15-5-10-28(11-6-15)17-7-12-31-13-8-17/h1-4,9,14-15,17H,5-8,10-13H2,(H,26,29)(H,25,27,30). The Morgan fingerprint density at radius 2 is 1.81 bits per heavy atom. The largest absolute Gasteiger partial charge is 0.381 e. The Hall–Kier alpha value is -2.55. The molecule has 2 N–H and O–H groups in total. The Balaban J connectivity index is 1.35. The van der Waals surface area contributed by atoms with Crippen molar-refractivity contribution in [3.05, 3.63) is 47.4 Å². The van der Waals surface area contributed by atoms with Gasteiger partial charge in [0, 0.05) is 37.6 Å². The maximum atomic E-state index is 12.9. The van der Waals surface area contributed by atoms with Crippen LogP contribution >= 0.6 is 11.6 Å². The number of amides is 2. The van der Waals surface area contributed by atoms with Crippen molar-refractivity contribution in [3.8, 4) is 0 Å². The van der Waals surface area contributed by atoms with E-state index in [1.807, 2.05) is 0 Å². The number of carbonyl (C=O) groups is 2. The van der Waals surface area contributed by atoms with Crippen molar-refractivity contribution in [2.24, 2.45) is 5.92 Å². The van der Waals surface area contributed by atoms with Crippen molar-refractivity contribution >= 4 is 34.9 Å². The number of carbonyl (C=O) groups excluding carboxylic acids is 2. The van der Waals surface area contributed by atoms with Gasteiger partial charge in [0.05, 0.1) is 10.7 Å². The van der Waals surface area contributed by atoms with Crippen LogP contribution in [-0.2, 0) is 9.53 Å². The maximum Gasteiger partial charge on any atom is 0.277 e. The van der Waals surface area contributed by atoms with E-state index in [4.69, 9.17) is 16.3 Å². The fraction of sp³-hybridized carbons (Fsp3) is 0.455. The second-order valence-corrected chi connectivity index (χ2v) is 8.29. The van der Waals surface area contributed by atoms with Crippen LogP contribution in [0.5, 0.6) is 0 Å². The average molecular weight is 444 g/mol. The van der Waals surface area contributed by atoms with Crippen LogP contribution in [0.25, 0.3) is 0 Å². The van der Waals surface area contributed by atoms with Crippen LogP contribution < -0.4 is 10.6 Å². The van der Waals surface area contributed by atoms with Crippen molar-refractivity contribution in [3.63, 3.8) is 0 Å². The highest BCUT2D eigenvalue weighted by Gasteiger charge is 2.30. The van der Waals surface area contributed by atoms with E-state index in [0.717, 1.165) is 52.0 Å². The topological polar surface area (TPSA) is 96.4 Å². The van der Waals surface area contributed by atoms with E-state index < -0.39 is 5.91 Å². The van der Waals surface area contributed by atoms with Gasteiger partial charge in [0.2, 0.25) is 5.91 Å². The minimum absolute atomic E-state index is 0.0710. The molecule has 0 radical (unpaired) electrons. The van der Waals surface area contributed by atoms with Crippen LogP contribution in [0.2, 0.25) is 5.02 Å². The Kier molecular flexibility index (Phi) is 7.11. The molecule has 31 heavy (non-hydrogen) atoms. The monoisotopic (exact) mass is 443 g/mol. The maximum absolute atomic E-state index is 12.9. The van der Waals surface area contributed by atoms with Gasteiger partial charge in [-0.05, 0) is 63.0 Å². The lowest BCUT2D eigenvalue weighted by Crippen LogP contribution is -2.45. The summed E-state index contributed by atoms with van der Waals surface area (Å²) in [4.78, 5) is 36.3. The van der Waals surface area contributed by atoms with Crippen molar-refractivity contribution in [2.45, 2.75) is 31.7 Å². The first-order valence-corrected chi connectivity index (χ1v) is 11.0. The third kappa shape index (κ3) is 5.58. The average Bonchev–Trinajstić information content (AvgIpc) is 2.81. The molecule has 2 fully saturated rings. The Morgan fingerprint density at radius 3 is 2.52 bits per heavy atom. The zero-order valence-corrected chi connectivity index (χ0v) is 18.0. The summed E-state index contributed by atoms with van der Waals surface area (Å²) in [6.45, 7) is 3.46. The first-order chi connectivity index (χ1) is 15.1. The fourth-order valence-corrected chi connectivity index (χ4v) is 4.24. The molecule has 4 heterocycles. The number of nitrogens with one attached hydrogen (secondary N) is 2. The van der Waals surface area contributed by atoms with Gasteiger partial charge in [0.25, 0.3) is 5.91 Å². The number of ether oxygens (including phenoxy) is 1. The van der Waals surface area contributed by atoms with Crippen LogP contribution in [0.4, 0.5) is 11.5 Å². The number of piperidine rings is 1. The zero-order valence-electron chi connectivity index (χ0n) is 17.2. The van der Waals surface area contributed by atoms with Gasteiger partial charge < -0.3 is 20.3 Å². The molecule has 0 spiro atoms. The lowest BCUT2D eigenvalue weighted by atomic mass is 9.93. The summed E-state index contributed by atoms with van der Waals surface area (Å²) in [7, 11) is 0. The minimum atomic E-state index is -0.444. The molecular formula is C22H26ClN5O3. The molecular weight excluding hydrogens is 418 g/mol. The molecule has 2 aliphatic heterocycles. The normalized spacial score (nSPS) is 18.5. The second kappa shape index (κ2) is 10.2. The first kappa shape index (κ1) is 21.7. The van der Waals surface area contributed by atoms with Crippen LogP contribution in [0, 0.1) is 5.92 Å². The summed E-state index contributed by atoms with van der Waals surface area (Å²) < 4.78 is 5.45. The second-order valence-electron chi connectivity index (χ2n) is 7.86. The molecule has 0 atom stereocenters. The van der Waals surface area contributed by atoms with Gasteiger partial charge in [-0.1, -0.05) is 11.6 Å². The lowest BCUT2D eigenvalue weighted by molar-refractivity contribution is -0.121. The van der Waals surface area contributed by atoms with Crippen molar-refractivity contribution < 1.29 is 14.3 Å². The molecule has 8 nitrogen and oxygen atoms in total. The summed E-state index contributed by atoms with van der Waals surface area (Å²) in [5, 5.41) is 6.07. The molecule has 2 amide bonds. The van der Waals surface area contributed by atoms with Crippen LogP contribution in [0.15, 0.2) is 36.7 Å². The van der Waals surface area contributed by atoms with Gasteiger partial charge in [-0.25, -0.2) is 9.97 Å². The van der Waals surface area contributed by atoms with Crippen LogP contribution in [0.3, 0.4) is 0 Å². The summed E-state index contributed by atoms with van der Waals surface area (Å²) >= 11 is 5.83. The number of likely N-dealkylation sites (tertiary alicyclic amines) is 1. The zero-order chi connectivity index (χ0) is 21.6. The van der Waals surface area contributed by atoms with Gasteiger partial charge in [0.15, 0.2) is 5.69 Å². The van der Waals surface area contributed by atoms with Crippen molar-refractivity contribution in [1.29, 1.82) is 0 Å². The van der Waals surface area contributed by atoms with Gasteiger partial charge in [0.1, 0.15) is 5.82 Å². The van der Waals surface area contributed by atoms with E-state index in [9.17, 15) is 9.59 Å². The molecule has 9 heteroatoms. The number of aromatic nitrogens is 2. The van der Waals surface area contributed by atoms with E-state index in [2.05, 4.69) is 25.5 Å². The number of rotatable bonds is 5. The van der Waals surface area contributed by atoms with Crippen molar-refractivity contribution in [2.75, 3.05) is 36.9 Å². The molecule has 0 unspecified atom stereocenters. The summed E-state index contributed by atoms with van der Waals surface area (Å²) in [5.74, 6) is -0.235. The molecule has 2 aromatic heterocycles. The molecule has 4 rings (SSSR count). The molecule has 2 aromatic rings. The summed E-state index contributed by atoms with van der Waals surface area (Å²) in [6, 6.07) is 7.19. The molecule has 0 bridgehead atoms. The van der Waals surface area contributed by atoms with Crippen LogP contribution in [0.1, 0.15) is 36.2 Å². The molecule has 0 aromatic carbocycles. The third-order valence-electron chi connectivity index (χ3n) is 5.86. The van der Waals surface area contributed by atoms with E-state index in [0.29, 0.717) is 22.6 Å². The van der Waals surface area contributed by atoms with E-state index in [-0.39, 0.29) is 17.5 Å². The number of pyridine rings is 2. The van der Waals surface area contributed by atoms with Gasteiger partial charge in [-0.3, -0.25) is 9.59 Å². The Morgan fingerprint density at radius 1 is 1.03 bits per heavy atom. The first-order valence-electron chi connectivity index (χ1n) is 10.6. The molecule has 2 saturated heterocycles. The highest BCUT2D eigenvalue weighted by atomic mass is 35.5. The van der Waals surface area contributed by atoms with Gasteiger partial charge in [-0.2, -0.15) is 0 Å². The third-order valence-corrected chi connectivity index (χ3v) is 6.08. The summed E-state index contributed by atoms with van der Waals surface area (Å²) in [5.41, 5.74) is 0.540. The molecule has 164 valence electrons. The highest BCUT2D eigenvalue weighted by molar-refractivity contribution is 6.30. The van der Waals surface area contributed by atoms with Crippen LogP contribution in [-0.4, -0.2) is 59.0 Å².